The van der Waals surface area contributed by atoms with Gasteiger partial charge in [0.05, 0.1) is 11.0 Å². The van der Waals surface area contributed by atoms with Crippen LogP contribution in [-0.4, -0.2) is 29.2 Å². The fraction of sp³-hybridized carbons (Fsp3) is 0.400. The zero-order valence-corrected chi connectivity index (χ0v) is 16.8. The van der Waals surface area contributed by atoms with E-state index in [9.17, 15) is 13.2 Å². The Balaban J connectivity index is 1.86. The van der Waals surface area contributed by atoms with E-state index < -0.39 is 17.2 Å². The molecule has 4 rings (SSSR count). The molecule has 6 nitrogen and oxygen atoms in total. The lowest BCUT2D eigenvalue weighted by Crippen LogP contribution is -2.24. The van der Waals surface area contributed by atoms with Crippen LogP contribution in [0.3, 0.4) is 0 Å². The molecule has 0 N–H and O–H groups in total. The molecule has 0 radical (unpaired) electrons. The largest absolute Gasteiger partial charge is 0.416 e. The van der Waals surface area contributed by atoms with Crippen molar-refractivity contribution in [2.45, 2.75) is 52.1 Å². The van der Waals surface area contributed by atoms with Crippen LogP contribution in [0.4, 0.5) is 13.2 Å². The van der Waals surface area contributed by atoms with Gasteiger partial charge in [-0.25, -0.2) is 0 Å². The van der Waals surface area contributed by atoms with Crippen molar-refractivity contribution >= 4 is 11.3 Å². The highest BCUT2D eigenvalue weighted by atomic mass is 19.4. The molecule has 0 spiro atoms. The summed E-state index contributed by atoms with van der Waals surface area (Å²) >= 11 is 0. The molecule has 29 heavy (non-hydrogen) atoms. The smallest absolute Gasteiger partial charge is 0.286 e. The molecule has 0 aliphatic heterocycles. The molecule has 0 fully saturated rings. The molecule has 0 saturated carbocycles. The summed E-state index contributed by atoms with van der Waals surface area (Å²) in [5.41, 5.74) is 1.48. The van der Waals surface area contributed by atoms with Crippen molar-refractivity contribution in [2.24, 2.45) is 0 Å². The fourth-order valence-corrected chi connectivity index (χ4v) is 3.73. The molecule has 0 bridgehead atoms. The summed E-state index contributed by atoms with van der Waals surface area (Å²) in [7, 11) is 0. The Labute approximate surface area is 165 Å². The molecule has 0 saturated heterocycles. The molecule has 0 aliphatic carbocycles. The predicted octanol–water partition coefficient (Wildman–Crippen LogP) is 4.55. The average molecular weight is 402 g/mol. The van der Waals surface area contributed by atoms with Crippen molar-refractivity contribution < 1.29 is 13.2 Å². The minimum atomic E-state index is -4.42. The summed E-state index contributed by atoms with van der Waals surface area (Å²) in [6, 6.07) is 4.01. The second-order valence-electron chi connectivity index (χ2n) is 8.10. The van der Waals surface area contributed by atoms with Crippen molar-refractivity contribution in [3.63, 3.8) is 0 Å². The SMILES string of the molecule is Cc1cn2c(C(C)C)nnc2cc1C(C)(C)c1nnc2cc(C(F)(F)F)ccn12. The van der Waals surface area contributed by atoms with Crippen molar-refractivity contribution in [2.75, 3.05) is 0 Å². The molecular formula is C20H21F3N6. The number of fused-ring (bicyclic) bond motifs is 2. The van der Waals surface area contributed by atoms with Gasteiger partial charge in [0.1, 0.15) is 11.6 Å². The number of rotatable bonds is 3. The molecular weight excluding hydrogens is 381 g/mol. The van der Waals surface area contributed by atoms with Gasteiger partial charge in [-0.2, -0.15) is 13.2 Å². The number of alkyl halides is 3. The first kappa shape index (κ1) is 19.4. The Bertz CT molecular complexity index is 1220. The van der Waals surface area contributed by atoms with Gasteiger partial charge >= 0.3 is 6.18 Å². The van der Waals surface area contributed by atoms with E-state index in [0.717, 1.165) is 34.7 Å². The minimum absolute atomic E-state index is 0.159. The molecule has 4 aromatic heterocycles. The molecule has 0 aromatic carbocycles. The van der Waals surface area contributed by atoms with E-state index in [1.807, 2.05) is 37.4 Å². The Kier molecular flexibility index (Phi) is 4.18. The second kappa shape index (κ2) is 6.27. The molecule has 0 unspecified atom stereocenters. The quantitative estimate of drug-likeness (QED) is 0.505. The maximum absolute atomic E-state index is 13.0. The maximum atomic E-state index is 13.0. The first-order valence-corrected chi connectivity index (χ1v) is 9.28. The number of hydrogen-bond acceptors (Lipinski definition) is 4. The predicted molar refractivity (Wildman–Crippen MR) is 102 cm³/mol. The van der Waals surface area contributed by atoms with E-state index >= 15 is 0 Å². The Morgan fingerprint density at radius 3 is 2.24 bits per heavy atom. The summed E-state index contributed by atoms with van der Waals surface area (Å²) in [5, 5.41) is 16.8. The number of nitrogens with zero attached hydrogens (tertiary/aromatic N) is 6. The highest BCUT2D eigenvalue weighted by molar-refractivity contribution is 5.51. The third kappa shape index (κ3) is 3.04. The molecule has 0 aliphatic rings. The number of halogens is 3. The normalized spacial score (nSPS) is 13.1. The topological polar surface area (TPSA) is 60.4 Å². The van der Waals surface area contributed by atoms with Crippen LogP contribution in [-0.2, 0) is 11.6 Å². The molecule has 152 valence electrons. The van der Waals surface area contributed by atoms with Crippen LogP contribution in [0.15, 0.2) is 30.6 Å². The van der Waals surface area contributed by atoms with E-state index in [1.165, 1.54) is 6.20 Å². The van der Waals surface area contributed by atoms with Crippen molar-refractivity contribution in [3.8, 4) is 0 Å². The number of aryl methyl sites for hydroxylation is 1. The lowest BCUT2D eigenvalue weighted by molar-refractivity contribution is -0.137. The Hall–Kier alpha value is -2.97. The van der Waals surface area contributed by atoms with Crippen LogP contribution in [0.1, 0.15) is 62.0 Å². The lowest BCUT2D eigenvalue weighted by atomic mass is 9.82. The van der Waals surface area contributed by atoms with Gasteiger partial charge in [-0.3, -0.25) is 8.80 Å². The van der Waals surface area contributed by atoms with E-state index in [-0.39, 0.29) is 11.6 Å². The second-order valence-corrected chi connectivity index (χ2v) is 8.10. The van der Waals surface area contributed by atoms with Crippen LogP contribution in [0.2, 0.25) is 0 Å². The third-order valence-corrected chi connectivity index (χ3v) is 5.26. The number of hydrogen-bond donors (Lipinski definition) is 0. The summed E-state index contributed by atoms with van der Waals surface area (Å²) in [4.78, 5) is 0. The zero-order chi connectivity index (χ0) is 21.1. The van der Waals surface area contributed by atoms with Crippen LogP contribution in [0, 0.1) is 6.92 Å². The van der Waals surface area contributed by atoms with Crippen molar-refractivity contribution in [1.29, 1.82) is 0 Å². The average Bonchev–Trinajstić information content (AvgIpc) is 3.23. The van der Waals surface area contributed by atoms with Gasteiger partial charge in [0.15, 0.2) is 11.3 Å². The number of pyridine rings is 2. The Morgan fingerprint density at radius 2 is 1.59 bits per heavy atom. The minimum Gasteiger partial charge on any atom is -0.286 e. The molecule has 9 heteroatoms. The first-order valence-electron chi connectivity index (χ1n) is 9.28. The van der Waals surface area contributed by atoms with Gasteiger partial charge in [-0.15, -0.1) is 20.4 Å². The zero-order valence-electron chi connectivity index (χ0n) is 16.8. The van der Waals surface area contributed by atoms with Gasteiger partial charge < -0.3 is 0 Å². The Morgan fingerprint density at radius 1 is 0.931 bits per heavy atom. The summed E-state index contributed by atoms with van der Waals surface area (Å²) in [6.45, 7) is 10.0. The molecule has 0 atom stereocenters. The standard InChI is InChI=1S/C20H21F3N6/c1-11(2)17-26-24-16-9-14(12(3)10-29(16)17)19(4,5)18-27-25-15-8-13(20(21,22)23)6-7-28(15)18/h6-11H,1-5H3. The summed E-state index contributed by atoms with van der Waals surface area (Å²) in [6.07, 6.45) is -1.06. The van der Waals surface area contributed by atoms with Crippen LogP contribution in [0.5, 0.6) is 0 Å². The molecule has 4 aromatic rings. The van der Waals surface area contributed by atoms with E-state index in [2.05, 4.69) is 34.2 Å². The van der Waals surface area contributed by atoms with E-state index in [4.69, 9.17) is 0 Å². The van der Waals surface area contributed by atoms with Gasteiger partial charge in [0, 0.05) is 18.3 Å². The first-order chi connectivity index (χ1) is 13.5. The monoisotopic (exact) mass is 402 g/mol. The third-order valence-electron chi connectivity index (χ3n) is 5.26. The summed E-state index contributed by atoms with van der Waals surface area (Å²) < 4.78 is 42.6. The van der Waals surface area contributed by atoms with Crippen LogP contribution in [0.25, 0.3) is 11.3 Å². The van der Waals surface area contributed by atoms with E-state index in [1.54, 1.807) is 4.40 Å². The van der Waals surface area contributed by atoms with Gasteiger partial charge in [-0.1, -0.05) is 13.8 Å². The summed E-state index contributed by atoms with van der Waals surface area (Å²) in [5.74, 6) is 1.66. The maximum Gasteiger partial charge on any atom is 0.416 e. The lowest BCUT2D eigenvalue weighted by Gasteiger charge is -2.25. The fourth-order valence-electron chi connectivity index (χ4n) is 3.73. The highest BCUT2D eigenvalue weighted by Gasteiger charge is 2.34. The van der Waals surface area contributed by atoms with Gasteiger partial charge in [0.25, 0.3) is 0 Å². The van der Waals surface area contributed by atoms with Gasteiger partial charge in [0.2, 0.25) is 0 Å². The van der Waals surface area contributed by atoms with E-state index in [0.29, 0.717) is 5.82 Å². The highest BCUT2D eigenvalue weighted by Crippen LogP contribution is 2.35. The molecule has 0 amide bonds. The number of aromatic nitrogens is 6. The van der Waals surface area contributed by atoms with Crippen molar-refractivity contribution in [1.82, 2.24) is 29.2 Å². The van der Waals surface area contributed by atoms with Crippen molar-refractivity contribution in [3.05, 3.63) is 58.9 Å². The van der Waals surface area contributed by atoms with Gasteiger partial charge in [-0.05, 0) is 50.1 Å². The van der Waals surface area contributed by atoms with Crippen LogP contribution < -0.4 is 0 Å². The molecule has 4 heterocycles. The van der Waals surface area contributed by atoms with Crippen LogP contribution >= 0.6 is 0 Å².